The van der Waals surface area contributed by atoms with Crippen LogP contribution >= 0.6 is 0 Å². The predicted molar refractivity (Wildman–Crippen MR) is 106 cm³/mol. The van der Waals surface area contributed by atoms with Crippen molar-refractivity contribution in [1.82, 2.24) is 9.55 Å². The van der Waals surface area contributed by atoms with E-state index < -0.39 is 0 Å². The molecule has 0 atom stereocenters. The van der Waals surface area contributed by atoms with E-state index in [0.29, 0.717) is 0 Å². The molecule has 0 aliphatic rings. The average Bonchev–Trinajstić information content (AvgIpc) is 3.30. The van der Waals surface area contributed by atoms with Crippen molar-refractivity contribution in [3.05, 3.63) is 85.1 Å². The maximum absolute atomic E-state index is 5.86. The van der Waals surface area contributed by atoms with Crippen LogP contribution in [0.4, 0.5) is 0 Å². The van der Waals surface area contributed by atoms with Gasteiger partial charge in [-0.25, -0.2) is 4.98 Å². The molecule has 0 unspecified atom stereocenters. The number of nitrogens with zero attached hydrogens (tertiary/aromatic N) is 2. The number of furan rings is 1. The SMILES string of the molecule is c1ccc2nc(-n3c4ccccc4c4ccc5ccoc5c43)ccc2c1. The van der Waals surface area contributed by atoms with Crippen molar-refractivity contribution in [3.8, 4) is 5.82 Å². The van der Waals surface area contributed by atoms with Gasteiger partial charge < -0.3 is 4.42 Å². The Balaban J connectivity index is 1.84. The van der Waals surface area contributed by atoms with Gasteiger partial charge in [0.15, 0.2) is 5.58 Å². The standard InChI is InChI=1S/C23H14N2O/c1-3-7-19-15(5-1)10-12-21(24-19)25-20-8-4-2-6-17(20)18-11-9-16-13-14-26-23(16)22(18)25/h1-14H. The molecule has 0 saturated heterocycles. The molecule has 0 saturated carbocycles. The Hall–Kier alpha value is -3.59. The van der Waals surface area contributed by atoms with Crippen molar-refractivity contribution >= 4 is 43.7 Å². The van der Waals surface area contributed by atoms with Gasteiger partial charge in [0.05, 0.1) is 22.8 Å². The number of pyridine rings is 1. The van der Waals surface area contributed by atoms with Gasteiger partial charge in [-0.1, -0.05) is 48.5 Å². The Bertz CT molecular complexity index is 1440. The van der Waals surface area contributed by atoms with Crippen LogP contribution in [0.3, 0.4) is 0 Å². The summed E-state index contributed by atoms with van der Waals surface area (Å²) < 4.78 is 8.07. The van der Waals surface area contributed by atoms with Gasteiger partial charge in [0.1, 0.15) is 5.82 Å². The zero-order valence-electron chi connectivity index (χ0n) is 13.9. The molecule has 0 radical (unpaired) electrons. The minimum atomic E-state index is 0.897. The van der Waals surface area contributed by atoms with Crippen LogP contribution in [0, 0.1) is 0 Å². The minimum absolute atomic E-state index is 0.897. The smallest absolute Gasteiger partial charge is 0.158 e. The van der Waals surface area contributed by atoms with Crippen LogP contribution < -0.4 is 0 Å². The van der Waals surface area contributed by atoms with E-state index in [2.05, 4.69) is 65.2 Å². The zero-order chi connectivity index (χ0) is 17.1. The minimum Gasteiger partial charge on any atom is -0.462 e. The molecular formula is C23H14N2O. The first-order chi connectivity index (χ1) is 12.9. The summed E-state index contributed by atoms with van der Waals surface area (Å²) in [5, 5.41) is 4.62. The number of hydrogen-bond acceptors (Lipinski definition) is 2. The van der Waals surface area contributed by atoms with Crippen LogP contribution in [0.25, 0.3) is 49.5 Å². The van der Waals surface area contributed by atoms with Crippen LogP contribution in [-0.2, 0) is 0 Å². The molecule has 0 fully saturated rings. The average molecular weight is 334 g/mol. The van der Waals surface area contributed by atoms with Crippen LogP contribution in [0.2, 0.25) is 0 Å². The van der Waals surface area contributed by atoms with Crippen molar-refractivity contribution < 1.29 is 4.42 Å². The summed E-state index contributed by atoms with van der Waals surface area (Å²) in [7, 11) is 0. The molecule has 26 heavy (non-hydrogen) atoms. The van der Waals surface area contributed by atoms with Gasteiger partial charge in [0.2, 0.25) is 0 Å². The highest BCUT2D eigenvalue weighted by molar-refractivity contribution is 6.17. The molecule has 0 aliphatic carbocycles. The quantitative estimate of drug-likeness (QED) is 0.365. The first kappa shape index (κ1) is 13.7. The third-order valence-corrected chi connectivity index (χ3v) is 5.07. The molecule has 3 nitrogen and oxygen atoms in total. The lowest BCUT2D eigenvalue weighted by atomic mass is 10.1. The molecule has 3 aromatic carbocycles. The van der Waals surface area contributed by atoms with Gasteiger partial charge in [-0.2, -0.15) is 0 Å². The molecule has 122 valence electrons. The summed E-state index contributed by atoms with van der Waals surface area (Å²) >= 11 is 0. The van der Waals surface area contributed by atoms with Crippen LogP contribution in [0.15, 0.2) is 89.5 Å². The molecule has 6 aromatic rings. The molecule has 6 rings (SSSR count). The van der Waals surface area contributed by atoms with Crippen LogP contribution in [0.5, 0.6) is 0 Å². The van der Waals surface area contributed by atoms with E-state index in [1.165, 1.54) is 10.8 Å². The summed E-state index contributed by atoms with van der Waals surface area (Å²) in [6.07, 6.45) is 1.75. The number of para-hydroxylation sites is 2. The normalized spacial score (nSPS) is 11.8. The third kappa shape index (κ3) is 1.74. The van der Waals surface area contributed by atoms with Crippen molar-refractivity contribution in [2.45, 2.75) is 0 Å². The van der Waals surface area contributed by atoms with Crippen LogP contribution in [0.1, 0.15) is 0 Å². The van der Waals surface area contributed by atoms with E-state index in [1.54, 1.807) is 6.26 Å². The molecule has 0 amide bonds. The van der Waals surface area contributed by atoms with Crippen molar-refractivity contribution in [1.29, 1.82) is 0 Å². The van der Waals surface area contributed by atoms with Gasteiger partial charge in [0.25, 0.3) is 0 Å². The number of aromatic nitrogens is 2. The third-order valence-electron chi connectivity index (χ3n) is 5.07. The van der Waals surface area contributed by atoms with E-state index >= 15 is 0 Å². The van der Waals surface area contributed by atoms with E-state index in [4.69, 9.17) is 9.40 Å². The van der Waals surface area contributed by atoms with Gasteiger partial charge in [-0.05, 0) is 30.3 Å². The Morgan fingerprint density at radius 3 is 2.54 bits per heavy atom. The molecule has 0 aliphatic heterocycles. The second-order valence-electron chi connectivity index (χ2n) is 6.52. The van der Waals surface area contributed by atoms with Gasteiger partial charge in [0, 0.05) is 21.5 Å². The lowest BCUT2D eigenvalue weighted by molar-refractivity contribution is 0.618. The fraction of sp³-hybridized carbons (Fsp3) is 0. The zero-order valence-corrected chi connectivity index (χ0v) is 13.9. The molecule has 0 spiro atoms. The molecule has 3 aromatic heterocycles. The number of fused-ring (bicyclic) bond motifs is 6. The Morgan fingerprint density at radius 2 is 1.54 bits per heavy atom. The first-order valence-electron chi connectivity index (χ1n) is 8.66. The van der Waals surface area contributed by atoms with Gasteiger partial charge in [-0.3, -0.25) is 4.57 Å². The number of benzene rings is 3. The Morgan fingerprint density at radius 1 is 0.692 bits per heavy atom. The maximum Gasteiger partial charge on any atom is 0.158 e. The van der Waals surface area contributed by atoms with Crippen molar-refractivity contribution in [3.63, 3.8) is 0 Å². The highest BCUT2D eigenvalue weighted by Crippen LogP contribution is 2.36. The Labute approximate surface area is 149 Å². The number of rotatable bonds is 1. The second kappa shape index (κ2) is 4.96. The fourth-order valence-corrected chi connectivity index (χ4v) is 3.89. The fourth-order valence-electron chi connectivity index (χ4n) is 3.89. The highest BCUT2D eigenvalue weighted by Gasteiger charge is 2.17. The van der Waals surface area contributed by atoms with E-state index in [9.17, 15) is 0 Å². The van der Waals surface area contributed by atoms with E-state index in [-0.39, 0.29) is 0 Å². The first-order valence-corrected chi connectivity index (χ1v) is 8.66. The largest absolute Gasteiger partial charge is 0.462 e. The lowest BCUT2D eigenvalue weighted by Gasteiger charge is -2.08. The Kier molecular flexibility index (Phi) is 2.61. The summed E-state index contributed by atoms with van der Waals surface area (Å²) in [5.74, 6) is 0.902. The van der Waals surface area contributed by atoms with Gasteiger partial charge in [-0.15, -0.1) is 0 Å². The molecule has 0 bridgehead atoms. The van der Waals surface area contributed by atoms with Crippen molar-refractivity contribution in [2.24, 2.45) is 0 Å². The second-order valence-corrected chi connectivity index (χ2v) is 6.52. The molecule has 3 heteroatoms. The monoisotopic (exact) mass is 334 g/mol. The molecular weight excluding hydrogens is 320 g/mol. The lowest BCUT2D eigenvalue weighted by Crippen LogP contribution is -1.97. The summed E-state index contributed by atoms with van der Waals surface area (Å²) in [5.41, 5.74) is 4.09. The molecule has 3 heterocycles. The summed E-state index contributed by atoms with van der Waals surface area (Å²) in [4.78, 5) is 4.93. The topological polar surface area (TPSA) is 31.0 Å². The van der Waals surface area contributed by atoms with E-state index in [1.807, 2.05) is 18.2 Å². The predicted octanol–water partition coefficient (Wildman–Crippen LogP) is 6.08. The summed E-state index contributed by atoms with van der Waals surface area (Å²) in [6.45, 7) is 0. The number of hydrogen-bond donors (Lipinski definition) is 0. The molecule has 0 N–H and O–H groups in total. The van der Waals surface area contributed by atoms with Gasteiger partial charge >= 0.3 is 0 Å². The van der Waals surface area contributed by atoms with E-state index in [0.717, 1.165) is 38.7 Å². The maximum atomic E-state index is 5.86. The highest BCUT2D eigenvalue weighted by atomic mass is 16.3. The van der Waals surface area contributed by atoms with Crippen LogP contribution in [-0.4, -0.2) is 9.55 Å². The summed E-state index contributed by atoms with van der Waals surface area (Å²) in [6, 6.07) is 27.1. The van der Waals surface area contributed by atoms with Crippen molar-refractivity contribution in [2.75, 3.05) is 0 Å².